The molecule has 0 aliphatic rings. The van der Waals surface area contributed by atoms with Gasteiger partial charge in [0, 0.05) is 25.4 Å². The van der Waals surface area contributed by atoms with Crippen LogP contribution in [0.25, 0.3) is 0 Å². The molecule has 1 atom stereocenters. The van der Waals surface area contributed by atoms with Gasteiger partial charge >= 0.3 is 12.0 Å². The molecule has 1 aromatic rings. The zero-order valence-corrected chi connectivity index (χ0v) is 10.5. The number of hydrogen-bond donors (Lipinski definition) is 3. The average molecular weight is 254 g/mol. The molecule has 0 aromatic carbocycles. The van der Waals surface area contributed by atoms with Crippen LogP contribution in [0.1, 0.15) is 25.3 Å². The fraction of sp³-hybridized carbons (Fsp3) is 0.545. The molecule has 3 N–H and O–H groups in total. The Hall–Kier alpha value is -2.05. The summed E-state index contributed by atoms with van der Waals surface area (Å²) in [5, 5.41) is 17.9. The first-order valence-electron chi connectivity index (χ1n) is 5.77. The van der Waals surface area contributed by atoms with Gasteiger partial charge < -0.3 is 15.7 Å². The maximum Gasteiger partial charge on any atom is 0.326 e. The van der Waals surface area contributed by atoms with Crippen molar-refractivity contribution in [1.82, 2.24) is 20.4 Å². The number of nitrogens with zero attached hydrogens (tertiary/aromatic N) is 2. The molecule has 0 aliphatic heterocycles. The minimum atomic E-state index is -1.02. The lowest BCUT2D eigenvalue weighted by atomic mass is 10.2. The van der Waals surface area contributed by atoms with E-state index in [1.807, 2.05) is 6.92 Å². The van der Waals surface area contributed by atoms with E-state index in [4.69, 9.17) is 5.11 Å². The molecule has 0 saturated carbocycles. The van der Waals surface area contributed by atoms with Gasteiger partial charge in [0.05, 0.1) is 6.20 Å². The molecule has 100 valence electrons. The van der Waals surface area contributed by atoms with Crippen molar-refractivity contribution < 1.29 is 14.7 Å². The summed E-state index contributed by atoms with van der Waals surface area (Å²) in [4.78, 5) is 22.3. The lowest BCUT2D eigenvalue weighted by molar-refractivity contribution is -0.139. The number of aromatic nitrogens is 2. The molecule has 0 saturated heterocycles. The topological polar surface area (TPSA) is 96.3 Å². The van der Waals surface area contributed by atoms with Crippen molar-refractivity contribution in [3.8, 4) is 0 Å². The zero-order chi connectivity index (χ0) is 13.5. The van der Waals surface area contributed by atoms with E-state index in [9.17, 15) is 9.59 Å². The van der Waals surface area contributed by atoms with Crippen molar-refractivity contribution in [1.29, 1.82) is 0 Å². The smallest absolute Gasteiger partial charge is 0.326 e. The van der Waals surface area contributed by atoms with E-state index < -0.39 is 18.0 Å². The number of carbonyl (C=O) groups excluding carboxylic acids is 1. The van der Waals surface area contributed by atoms with E-state index >= 15 is 0 Å². The monoisotopic (exact) mass is 254 g/mol. The molecule has 7 nitrogen and oxygen atoms in total. The summed E-state index contributed by atoms with van der Waals surface area (Å²) in [7, 11) is 1.78. The van der Waals surface area contributed by atoms with E-state index in [0.29, 0.717) is 19.4 Å². The highest BCUT2D eigenvalue weighted by atomic mass is 16.4. The SMILES string of the molecule is CCC[C@@H](NC(=O)NCc1cnn(C)c1)C(=O)O. The van der Waals surface area contributed by atoms with Crippen LogP contribution in [-0.4, -0.2) is 32.9 Å². The second-order valence-electron chi connectivity index (χ2n) is 4.03. The molecular formula is C11H18N4O3. The van der Waals surface area contributed by atoms with Crippen LogP contribution in [-0.2, 0) is 18.4 Å². The minimum Gasteiger partial charge on any atom is -0.480 e. The van der Waals surface area contributed by atoms with Crippen molar-refractivity contribution >= 4 is 12.0 Å². The van der Waals surface area contributed by atoms with Gasteiger partial charge in [-0.2, -0.15) is 5.10 Å². The molecule has 0 fully saturated rings. The first kappa shape index (κ1) is 14.0. The van der Waals surface area contributed by atoms with Gasteiger partial charge in [0.25, 0.3) is 0 Å². The third kappa shape index (κ3) is 4.44. The van der Waals surface area contributed by atoms with Crippen molar-refractivity contribution in [3.05, 3.63) is 18.0 Å². The molecule has 1 rings (SSSR count). The van der Waals surface area contributed by atoms with E-state index in [1.165, 1.54) is 0 Å². The van der Waals surface area contributed by atoms with Gasteiger partial charge in [-0.25, -0.2) is 9.59 Å². The van der Waals surface area contributed by atoms with Crippen LogP contribution in [0, 0.1) is 0 Å². The van der Waals surface area contributed by atoms with Crippen molar-refractivity contribution in [2.75, 3.05) is 0 Å². The number of carboxylic acids is 1. The number of nitrogens with one attached hydrogen (secondary N) is 2. The molecule has 18 heavy (non-hydrogen) atoms. The Morgan fingerprint density at radius 3 is 2.78 bits per heavy atom. The predicted molar refractivity (Wildman–Crippen MR) is 64.9 cm³/mol. The summed E-state index contributed by atoms with van der Waals surface area (Å²) >= 11 is 0. The van der Waals surface area contributed by atoms with Gasteiger partial charge in [-0.3, -0.25) is 4.68 Å². The molecule has 0 unspecified atom stereocenters. The highest BCUT2D eigenvalue weighted by molar-refractivity contribution is 5.82. The first-order chi connectivity index (χ1) is 8.52. The third-order valence-corrected chi connectivity index (χ3v) is 2.39. The van der Waals surface area contributed by atoms with Gasteiger partial charge in [-0.15, -0.1) is 0 Å². The number of rotatable bonds is 6. The van der Waals surface area contributed by atoms with Crippen LogP contribution in [0.4, 0.5) is 4.79 Å². The van der Waals surface area contributed by atoms with Gasteiger partial charge in [0.2, 0.25) is 0 Å². The number of carbonyl (C=O) groups is 2. The van der Waals surface area contributed by atoms with E-state index in [2.05, 4.69) is 15.7 Å². The van der Waals surface area contributed by atoms with Crippen LogP contribution >= 0.6 is 0 Å². The minimum absolute atomic E-state index is 0.318. The Kier molecular flexibility index (Phi) is 5.16. The maximum absolute atomic E-state index is 11.5. The molecule has 0 aliphatic carbocycles. The molecule has 0 radical (unpaired) electrons. The van der Waals surface area contributed by atoms with E-state index in [1.54, 1.807) is 24.1 Å². The summed E-state index contributed by atoms with van der Waals surface area (Å²) in [6, 6.07) is -1.33. The summed E-state index contributed by atoms with van der Waals surface area (Å²) < 4.78 is 1.63. The van der Waals surface area contributed by atoms with Crippen LogP contribution in [0.15, 0.2) is 12.4 Å². The highest BCUT2D eigenvalue weighted by Gasteiger charge is 2.18. The molecule has 1 aromatic heterocycles. The molecular weight excluding hydrogens is 236 g/mol. The van der Waals surface area contributed by atoms with Crippen molar-refractivity contribution in [2.24, 2.45) is 7.05 Å². The molecule has 0 spiro atoms. The summed E-state index contributed by atoms with van der Waals surface area (Å²) in [5.41, 5.74) is 0.856. The van der Waals surface area contributed by atoms with Gasteiger partial charge in [-0.05, 0) is 6.42 Å². The van der Waals surface area contributed by atoms with E-state index in [0.717, 1.165) is 5.56 Å². The van der Waals surface area contributed by atoms with Gasteiger partial charge in [-0.1, -0.05) is 13.3 Å². The Balaban J connectivity index is 2.38. The maximum atomic E-state index is 11.5. The molecule has 0 bridgehead atoms. The zero-order valence-electron chi connectivity index (χ0n) is 10.5. The van der Waals surface area contributed by atoms with E-state index in [-0.39, 0.29) is 0 Å². The standard InChI is InChI=1S/C11H18N4O3/c1-3-4-9(10(16)17)14-11(18)12-5-8-6-13-15(2)7-8/h6-7,9H,3-5H2,1-2H3,(H,16,17)(H2,12,14,18)/t9-/m1/s1. The van der Waals surface area contributed by atoms with Crippen LogP contribution in [0.3, 0.4) is 0 Å². The lowest BCUT2D eigenvalue weighted by Crippen LogP contribution is -2.45. The summed E-state index contributed by atoms with van der Waals surface area (Å²) in [6.07, 6.45) is 4.53. The number of hydrogen-bond acceptors (Lipinski definition) is 3. The quantitative estimate of drug-likeness (QED) is 0.687. The average Bonchev–Trinajstić information content (AvgIpc) is 2.72. The van der Waals surface area contributed by atoms with Crippen LogP contribution in [0.2, 0.25) is 0 Å². The van der Waals surface area contributed by atoms with Crippen LogP contribution in [0.5, 0.6) is 0 Å². The largest absolute Gasteiger partial charge is 0.480 e. The fourth-order valence-corrected chi connectivity index (χ4v) is 1.50. The molecule has 1 heterocycles. The third-order valence-electron chi connectivity index (χ3n) is 2.39. The Morgan fingerprint density at radius 2 is 2.28 bits per heavy atom. The molecule has 7 heteroatoms. The van der Waals surface area contributed by atoms with Gasteiger partial charge in [0.15, 0.2) is 0 Å². The fourth-order valence-electron chi connectivity index (χ4n) is 1.50. The number of aliphatic carboxylic acids is 1. The highest BCUT2D eigenvalue weighted by Crippen LogP contribution is 1.98. The second kappa shape index (κ2) is 6.63. The second-order valence-corrected chi connectivity index (χ2v) is 4.03. The van der Waals surface area contributed by atoms with Crippen LogP contribution < -0.4 is 10.6 Å². The lowest BCUT2D eigenvalue weighted by Gasteiger charge is -2.13. The predicted octanol–water partition coefficient (Wildman–Crippen LogP) is 0.473. The summed E-state index contributed by atoms with van der Waals surface area (Å²) in [6.45, 7) is 2.18. The Morgan fingerprint density at radius 1 is 1.56 bits per heavy atom. The normalized spacial score (nSPS) is 11.9. The van der Waals surface area contributed by atoms with Crippen molar-refractivity contribution in [2.45, 2.75) is 32.4 Å². The Labute approximate surface area is 105 Å². The number of amides is 2. The van der Waals surface area contributed by atoms with Gasteiger partial charge in [0.1, 0.15) is 6.04 Å². The number of carboxylic acid groups (broad SMARTS) is 1. The number of aryl methyl sites for hydroxylation is 1. The Bertz CT molecular complexity index is 416. The number of urea groups is 1. The molecule has 2 amide bonds. The first-order valence-corrected chi connectivity index (χ1v) is 5.77. The van der Waals surface area contributed by atoms with Crippen molar-refractivity contribution in [3.63, 3.8) is 0 Å². The summed E-state index contributed by atoms with van der Waals surface area (Å²) in [5.74, 6) is -1.02.